The molecule has 0 amide bonds. The summed E-state index contributed by atoms with van der Waals surface area (Å²) in [4.78, 5) is 6.71. The predicted molar refractivity (Wildman–Crippen MR) is 72.1 cm³/mol. The van der Waals surface area contributed by atoms with Gasteiger partial charge in [-0.1, -0.05) is 11.6 Å². The lowest BCUT2D eigenvalue weighted by Gasteiger charge is -2.27. The van der Waals surface area contributed by atoms with E-state index in [1.54, 1.807) is 0 Å². The van der Waals surface area contributed by atoms with Gasteiger partial charge in [-0.3, -0.25) is 4.21 Å². The lowest BCUT2D eigenvalue weighted by atomic mass is 10.3. The van der Waals surface area contributed by atoms with Crippen LogP contribution in [0, 0.1) is 0 Å². The molecule has 17 heavy (non-hydrogen) atoms. The third-order valence-corrected chi connectivity index (χ3v) is 4.37. The van der Waals surface area contributed by atoms with Crippen LogP contribution in [0.5, 0.6) is 0 Å². The number of anilines is 1. The fraction of sp³-hybridized carbons (Fsp3) is 0.545. The van der Waals surface area contributed by atoms with E-state index < -0.39 is 10.8 Å². The Morgan fingerprint density at radius 1 is 1.47 bits per heavy atom. The maximum Gasteiger partial charge on any atom is 0.129 e. The molecule has 0 aliphatic carbocycles. The van der Waals surface area contributed by atoms with Crippen molar-refractivity contribution in [1.82, 2.24) is 10.3 Å². The largest absolute Gasteiger partial charge is 0.355 e. The highest BCUT2D eigenvalue weighted by Crippen LogP contribution is 2.20. The third-order valence-electron chi connectivity index (χ3n) is 2.75. The zero-order valence-electron chi connectivity index (χ0n) is 9.78. The van der Waals surface area contributed by atoms with Crippen molar-refractivity contribution in [3.05, 3.63) is 22.8 Å². The Bertz CT molecular complexity index is 417. The van der Waals surface area contributed by atoms with Gasteiger partial charge in [0.25, 0.3) is 0 Å². The van der Waals surface area contributed by atoms with Crippen molar-refractivity contribution in [3.8, 4) is 0 Å². The molecule has 1 fully saturated rings. The fourth-order valence-electron chi connectivity index (χ4n) is 1.81. The van der Waals surface area contributed by atoms with Crippen LogP contribution in [-0.4, -0.2) is 40.8 Å². The van der Waals surface area contributed by atoms with Crippen LogP contribution >= 0.6 is 11.6 Å². The number of pyridine rings is 1. The highest BCUT2D eigenvalue weighted by molar-refractivity contribution is 7.85. The Morgan fingerprint density at radius 2 is 2.18 bits per heavy atom. The molecule has 0 unspecified atom stereocenters. The first-order valence-electron chi connectivity index (χ1n) is 5.60. The second-order valence-corrected chi connectivity index (χ2v) is 6.07. The molecule has 1 saturated heterocycles. The van der Waals surface area contributed by atoms with Crippen molar-refractivity contribution in [1.29, 1.82) is 0 Å². The minimum absolute atomic E-state index is 0.656. The number of aromatic nitrogens is 1. The molecule has 6 heteroatoms. The summed E-state index contributed by atoms with van der Waals surface area (Å²) in [5.41, 5.74) is 0.860. The molecule has 0 aromatic carbocycles. The number of hydrogen-bond donors (Lipinski definition) is 1. The first kappa shape index (κ1) is 12.8. The Morgan fingerprint density at radius 3 is 2.82 bits per heavy atom. The third kappa shape index (κ3) is 3.18. The summed E-state index contributed by atoms with van der Waals surface area (Å²) in [6, 6.07) is 3.80. The molecule has 1 aromatic heterocycles. The van der Waals surface area contributed by atoms with Crippen molar-refractivity contribution in [2.24, 2.45) is 0 Å². The summed E-state index contributed by atoms with van der Waals surface area (Å²) in [6.45, 7) is 2.27. The highest BCUT2D eigenvalue weighted by Gasteiger charge is 2.17. The second kappa shape index (κ2) is 5.80. The SMILES string of the molecule is CNCc1nc(N2CCS(=O)CC2)ccc1Cl. The van der Waals surface area contributed by atoms with Gasteiger partial charge in [-0.15, -0.1) is 0 Å². The smallest absolute Gasteiger partial charge is 0.129 e. The van der Waals surface area contributed by atoms with E-state index in [1.165, 1.54) is 0 Å². The average molecular weight is 274 g/mol. The van der Waals surface area contributed by atoms with Gasteiger partial charge >= 0.3 is 0 Å². The summed E-state index contributed by atoms with van der Waals surface area (Å²) in [5, 5.41) is 3.73. The van der Waals surface area contributed by atoms with Crippen molar-refractivity contribution in [2.75, 3.05) is 36.5 Å². The van der Waals surface area contributed by atoms with Gasteiger partial charge in [0.2, 0.25) is 0 Å². The fourth-order valence-corrected chi connectivity index (χ4v) is 3.03. The van der Waals surface area contributed by atoms with E-state index in [2.05, 4.69) is 15.2 Å². The number of nitrogens with one attached hydrogen (secondary N) is 1. The molecule has 0 bridgehead atoms. The molecule has 1 aliphatic heterocycles. The standard InChI is InChI=1S/C11H16ClN3OS/c1-13-8-10-9(12)2-3-11(14-10)15-4-6-17(16)7-5-15/h2-3,13H,4-8H2,1H3. The van der Waals surface area contributed by atoms with Gasteiger partial charge in [-0.05, 0) is 19.2 Å². The van der Waals surface area contributed by atoms with E-state index in [0.717, 1.165) is 36.1 Å². The Balaban J connectivity index is 2.15. The lowest BCUT2D eigenvalue weighted by molar-refractivity contribution is 0.672. The van der Waals surface area contributed by atoms with Crippen LogP contribution in [0.1, 0.15) is 5.69 Å². The average Bonchev–Trinajstić information content (AvgIpc) is 2.33. The van der Waals surface area contributed by atoms with Crippen LogP contribution in [0.4, 0.5) is 5.82 Å². The maximum atomic E-state index is 11.3. The van der Waals surface area contributed by atoms with Gasteiger partial charge in [0, 0.05) is 41.9 Å². The van der Waals surface area contributed by atoms with Gasteiger partial charge < -0.3 is 10.2 Å². The van der Waals surface area contributed by atoms with E-state index in [9.17, 15) is 4.21 Å². The van der Waals surface area contributed by atoms with E-state index in [-0.39, 0.29) is 0 Å². The van der Waals surface area contributed by atoms with Gasteiger partial charge in [0.05, 0.1) is 10.7 Å². The molecule has 2 rings (SSSR count). The maximum absolute atomic E-state index is 11.3. The quantitative estimate of drug-likeness (QED) is 0.893. The first-order chi connectivity index (χ1) is 8.20. The van der Waals surface area contributed by atoms with Gasteiger partial charge in [-0.25, -0.2) is 4.98 Å². The Labute approximate surface area is 109 Å². The minimum Gasteiger partial charge on any atom is -0.355 e. The Hall–Kier alpha value is -0.650. The van der Waals surface area contributed by atoms with Crippen LogP contribution in [0.2, 0.25) is 5.02 Å². The summed E-state index contributed by atoms with van der Waals surface area (Å²) < 4.78 is 11.3. The molecule has 2 heterocycles. The molecule has 1 aliphatic rings. The summed E-state index contributed by atoms with van der Waals surface area (Å²) in [6.07, 6.45) is 0. The molecule has 4 nitrogen and oxygen atoms in total. The van der Waals surface area contributed by atoms with E-state index in [1.807, 2.05) is 19.2 Å². The van der Waals surface area contributed by atoms with Crippen molar-refractivity contribution in [2.45, 2.75) is 6.54 Å². The zero-order chi connectivity index (χ0) is 12.3. The van der Waals surface area contributed by atoms with Gasteiger partial charge in [0.15, 0.2) is 0 Å². The minimum atomic E-state index is -0.656. The number of nitrogens with zero attached hydrogens (tertiary/aromatic N) is 2. The van der Waals surface area contributed by atoms with E-state index in [4.69, 9.17) is 11.6 Å². The van der Waals surface area contributed by atoms with Gasteiger partial charge in [0.1, 0.15) is 5.82 Å². The molecule has 0 atom stereocenters. The predicted octanol–water partition coefficient (Wildman–Crippen LogP) is 1.02. The molecule has 0 spiro atoms. The molecule has 1 aromatic rings. The zero-order valence-corrected chi connectivity index (χ0v) is 11.4. The topological polar surface area (TPSA) is 45.2 Å². The van der Waals surface area contributed by atoms with Crippen LogP contribution < -0.4 is 10.2 Å². The van der Waals surface area contributed by atoms with Crippen LogP contribution in [0.3, 0.4) is 0 Å². The number of hydrogen-bond acceptors (Lipinski definition) is 4. The van der Waals surface area contributed by atoms with Gasteiger partial charge in [-0.2, -0.15) is 0 Å². The second-order valence-electron chi connectivity index (χ2n) is 3.96. The monoisotopic (exact) mass is 273 g/mol. The highest BCUT2D eigenvalue weighted by atomic mass is 35.5. The van der Waals surface area contributed by atoms with Crippen LogP contribution in [0.15, 0.2) is 12.1 Å². The number of rotatable bonds is 3. The van der Waals surface area contributed by atoms with Crippen molar-refractivity contribution < 1.29 is 4.21 Å². The summed E-state index contributed by atoms with van der Waals surface area (Å²) in [7, 11) is 1.21. The summed E-state index contributed by atoms with van der Waals surface area (Å²) >= 11 is 6.07. The lowest BCUT2D eigenvalue weighted by Crippen LogP contribution is -2.38. The normalized spacial score (nSPS) is 17.4. The van der Waals surface area contributed by atoms with Crippen molar-refractivity contribution >= 4 is 28.2 Å². The molecule has 0 radical (unpaired) electrons. The molecule has 94 valence electrons. The van der Waals surface area contributed by atoms with Crippen molar-refractivity contribution in [3.63, 3.8) is 0 Å². The molecule has 0 saturated carbocycles. The molecule has 1 N–H and O–H groups in total. The molecular weight excluding hydrogens is 258 g/mol. The Kier molecular flexibility index (Phi) is 4.36. The van der Waals surface area contributed by atoms with Crippen LogP contribution in [0.25, 0.3) is 0 Å². The number of halogens is 1. The van der Waals surface area contributed by atoms with Crippen LogP contribution in [-0.2, 0) is 17.3 Å². The molecular formula is C11H16ClN3OS. The van der Waals surface area contributed by atoms with E-state index in [0.29, 0.717) is 11.6 Å². The van der Waals surface area contributed by atoms with E-state index >= 15 is 0 Å². The summed E-state index contributed by atoms with van der Waals surface area (Å²) in [5.74, 6) is 2.38. The first-order valence-corrected chi connectivity index (χ1v) is 7.47.